The second-order valence-corrected chi connectivity index (χ2v) is 5.07. The topological polar surface area (TPSA) is 58.8 Å². The molecule has 0 aliphatic carbocycles. The molecule has 0 spiro atoms. The zero-order chi connectivity index (χ0) is 12.3. The molecule has 2 N–H and O–H groups in total. The van der Waals surface area contributed by atoms with Gasteiger partial charge in [-0.15, -0.1) is 0 Å². The highest BCUT2D eigenvalue weighted by Crippen LogP contribution is 2.21. The number of fused-ring (bicyclic) bond motifs is 1. The number of hydrogen-bond acceptors (Lipinski definition) is 5. The van der Waals surface area contributed by atoms with Crippen LogP contribution in [0.3, 0.4) is 0 Å². The van der Waals surface area contributed by atoms with Crippen LogP contribution in [0.15, 0.2) is 0 Å². The lowest BCUT2D eigenvalue weighted by atomic mass is 10.2. The number of hydrogen-bond donors (Lipinski definition) is 1. The van der Waals surface area contributed by atoms with Crippen LogP contribution in [0.25, 0.3) is 0 Å². The van der Waals surface area contributed by atoms with Crippen molar-refractivity contribution in [1.82, 2.24) is 9.80 Å². The number of esters is 1. The van der Waals surface area contributed by atoms with Gasteiger partial charge in [-0.3, -0.25) is 14.6 Å². The van der Waals surface area contributed by atoms with Crippen LogP contribution in [0.1, 0.15) is 19.3 Å². The molecular weight excluding hydrogens is 218 g/mol. The van der Waals surface area contributed by atoms with Crippen molar-refractivity contribution >= 4 is 5.97 Å². The van der Waals surface area contributed by atoms with Gasteiger partial charge in [-0.05, 0) is 38.9 Å². The minimum Gasteiger partial charge on any atom is -0.468 e. The van der Waals surface area contributed by atoms with Crippen molar-refractivity contribution in [2.24, 2.45) is 5.73 Å². The zero-order valence-corrected chi connectivity index (χ0v) is 10.6. The van der Waals surface area contributed by atoms with Gasteiger partial charge in [-0.25, -0.2) is 0 Å². The van der Waals surface area contributed by atoms with Crippen molar-refractivity contribution in [2.45, 2.75) is 31.3 Å². The standard InChI is InChI=1S/C12H23N3O2/c1-17-12(16)11(13)9-14-5-3-7-15-6-2-4-10(15)8-14/h10-11H,2-9,13H2,1H3. The van der Waals surface area contributed by atoms with E-state index < -0.39 is 6.04 Å². The largest absolute Gasteiger partial charge is 0.468 e. The molecule has 0 saturated carbocycles. The molecule has 2 aliphatic heterocycles. The maximum absolute atomic E-state index is 11.3. The van der Waals surface area contributed by atoms with Gasteiger partial charge in [-0.2, -0.15) is 0 Å². The van der Waals surface area contributed by atoms with Crippen LogP contribution < -0.4 is 5.73 Å². The lowest BCUT2D eigenvalue weighted by Gasteiger charge is -2.26. The summed E-state index contributed by atoms with van der Waals surface area (Å²) in [5.74, 6) is -0.308. The van der Waals surface area contributed by atoms with Crippen molar-refractivity contribution in [3.63, 3.8) is 0 Å². The fourth-order valence-electron chi connectivity index (χ4n) is 2.95. The molecule has 0 aromatic carbocycles. The second-order valence-electron chi connectivity index (χ2n) is 5.07. The van der Waals surface area contributed by atoms with E-state index in [2.05, 4.69) is 14.5 Å². The molecule has 2 fully saturated rings. The summed E-state index contributed by atoms with van der Waals surface area (Å²) < 4.78 is 4.67. The van der Waals surface area contributed by atoms with Gasteiger partial charge >= 0.3 is 5.97 Å². The Hall–Kier alpha value is -0.650. The van der Waals surface area contributed by atoms with E-state index in [9.17, 15) is 4.79 Å². The van der Waals surface area contributed by atoms with E-state index in [1.54, 1.807) is 0 Å². The van der Waals surface area contributed by atoms with Gasteiger partial charge in [0.25, 0.3) is 0 Å². The summed E-state index contributed by atoms with van der Waals surface area (Å²) in [5, 5.41) is 0. The fourth-order valence-corrected chi connectivity index (χ4v) is 2.95. The minimum absolute atomic E-state index is 0.308. The third-order valence-electron chi connectivity index (χ3n) is 3.85. The summed E-state index contributed by atoms with van der Waals surface area (Å²) in [7, 11) is 1.39. The molecule has 0 radical (unpaired) electrons. The molecule has 2 heterocycles. The van der Waals surface area contributed by atoms with Gasteiger partial charge in [0.1, 0.15) is 6.04 Å². The molecule has 0 amide bonds. The fraction of sp³-hybridized carbons (Fsp3) is 0.917. The van der Waals surface area contributed by atoms with Gasteiger partial charge in [-0.1, -0.05) is 0 Å². The van der Waals surface area contributed by atoms with Gasteiger partial charge in [0.2, 0.25) is 0 Å². The predicted octanol–water partition coefficient (Wildman–Crippen LogP) is -0.343. The van der Waals surface area contributed by atoms with E-state index in [1.807, 2.05) is 0 Å². The average molecular weight is 241 g/mol. The Morgan fingerprint density at radius 1 is 1.41 bits per heavy atom. The molecule has 2 unspecified atom stereocenters. The van der Waals surface area contributed by atoms with E-state index >= 15 is 0 Å². The van der Waals surface area contributed by atoms with Crippen LogP contribution in [0, 0.1) is 0 Å². The highest BCUT2D eigenvalue weighted by Gasteiger charge is 2.29. The van der Waals surface area contributed by atoms with Crippen molar-refractivity contribution in [2.75, 3.05) is 39.8 Å². The number of nitrogens with zero attached hydrogens (tertiary/aromatic N) is 2. The first-order chi connectivity index (χ1) is 8.20. The van der Waals surface area contributed by atoms with Gasteiger partial charge in [0.15, 0.2) is 0 Å². The van der Waals surface area contributed by atoms with Crippen molar-refractivity contribution in [3.8, 4) is 0 Å². The Morgan fingerprint density at radius 3 is 2.94 bits per heavy atom. The molecule has 0 aromatic rings. The maximum atomic E-state index is 11.3. The van der Waals surface area contributed by atoms with E-state index in [1.165, 1.54) is 39.5 Å². The highest BCUT2D eigenvalue weighted by atomic mass is 16.5. The van der Waals surface area contributed by atoms with E-state index in [0.29, 0.717) is 12.6 Å². The molecule has 2 atom stereocenters. The Bertz CT molecular complexity index is 272. The summed E-state index contributed by atoms with van der Waals surface area (Å²) in [4.78, 5) is 16.2. The summed E-state index contributed by atoms with van der Waals surface area (Å²) in [5.41, 5.74) is 5.82. The van der Waals surface area contributed by atoms with E-state index in [-0.39, 0.29) is 5.97 Å². The minimum atomic E-state index is -0.507. The summed E-state index contributed by atoms with van der Waals surface area (Å²) in [6, 6.07) is 0.162. The van der Waals surface area contributed by atoms with E-state index in [0.717, 1.165) is 13.1 Å². The Morgan fingerprint density at radius 2 is 2.18 bits per heavy atom. The molecule has 98 valence electrons. The summed E-state index contributed by atoms with van der Waals surface area (Å²) in [6.07, 6.45) is 3.76. The number of carbonyl (C=O) groups is 1. The van der Waals surface area contributed by atoms with Gasteiger partial charge in [0.05, 0.1) is 7.11 Å². The smallest absolute Gasteiger partial charge is 0.323 e. The monoisotopic (exact) mass is 241 g/mol. The SMILES string of the molecule is COC(=O)C(N)CN1CCCN2CCCC2C1. The lowest BCUT2D eigenvalue weighted by molar-refractivity contribution is -0.142. The number of ether oxygens (including phenoxy) is 1. The van der Waals surface area contributed by atoms with Crippen molar-refractivity contribution in [1.29, 1.82) is 0 Å². The summed E-state index contributed by atoms with van der Waals surface area (Å²) >= 11 is 0. The highest BCUT2D eigenvalue weighted by molar-refractivity contribution is 5.75. The van der Waals surface area contributed by atoms with Crippen LogP contribution >= 0.6 is 0 Å². The Labute approximate surface area is 103 Å². The normalized spacial score (nSPS) is 28.5. The predicted molar refractivity (Wildman–Crippen MR) is 65.6 cm³/mol. The second kappa shape index (κ2) is 5.80. The Kier molecular flexibility index (Phi) is 4.36. The molecule has 2 aliphatic rings. The first-order valence-corrected chi connectivity index (χ1v) is 6.50. The molecule has 2 saturated heterocycles. The molecule has 2 rings (SSSR count). The van der Waals surface area contributed by atoms with Crippen molar-refractivity contribution < 1.29 is 9.53 Å². The molecule has 0 bridgehead atoms. The van der Waals surface area contributed by atoms with Crippen molar-refractivity contribution in [3.05, 3.63) is 0 Å². The molecule has 17 heavy (non-hydrogen) atoms. The van der Waals surface area contributed by atoms with Crippen LogP contribution in [0.4, 0.5) is 0 Å². The van der Waals surface area contributed by atoms with Crippen LogP contribution in [-0.2, 0) is 9.53 Å². The van der Waals surface area contributed by atoms with Gasteiger partial charge < -0.3 is 10.5 Å². The third kappa shape index (κ3) is 3.18. The average Bonchev–Trinajstić information content (AvgIpc) is 2.67. The third-order valence-corrected chi connectivity index (χ3v) is 3.85. The Balaban J connectivity index is 1.86. The quantitative estimate of drug-likeness (QED) is 0.685. The zero-order valence-electron chi connectivity index (χ0n) is 10.6. The maximum Gasteiger partial charge on any atom is 0.323 e. The lowest BCUT2D eigenvalue weighted by Crippen LogP contribution is -2.46. The molecule has 0 aromatic heterocycles. The number of nitrogens with two attached hydrogens (primary N) is 1. The van der Waals surface area contributed by atoms with Crippen LogP contribution in [-0.4, -0.2) is 67.7 Å². The number of methoxy groups -OCH3 is 1. The number of carbonyl (C=O) groups excluding carboxylic acids is 1. The van der Waals surface area contributed by atoms with Crippen LogP contribution in [0.5, 0.6) is 0 Å². The molecule has 5 heteroatoms. The number of rotatable bonds is 3. The van der Waals surface area contributed by atoms with Gasteiger partial charge in [0, 0.05) is 19.1 Å². The first kappa shape index (κ1) is 12.8. The first-order valence-electron chi connectivity index (χ1n) is 6.50. The molecule has 5 nitrogen and oxygen atoms in total. The molecular formula is C12H23N3O2. The van der Waals surface area contributed by atoms with Crippen LogP contribution in [0.2, 0.25) is 0 Å². The summed E-state index contributed by atoms with van der Waals surface area (Å²) in [6.45, 7) is 5.13. The van der Waals surface area contributed by atoms with E-state index in [4.69, 9.17) is 5.73 Å².